The first-order valence-electron chi connectivity index (χ1n) is 9.17. The summed E-state index contributed by atoms with van der Waals surface area (Å²) in [6.45, 7) is 6.25. The zero-order valence-electron chi connectivity index (χ0n) is 16.3. The number of amides is 1. The molecule has 158 valence electrons. The number of aromatic carboxylic acids is 1. The average molecular weight is 413 g/mol. The van der Waals surface area contributed by atoms with Crippen molar-refractivity contribution in [3.05, 3.63) is 35.2 Å². The molecular weight excluding hydrogens is 391 g/mol. The van der Waals surface area contributed by atoms with Gasteiger partial charge in [0.2, 0.25) is 0 Å². The van der Waals surface area contributed by atoms with Crippen molar-refractivity contribution in [2.75, 3.05) is 13.1 Å². The molecule has 0 aliphatic carbocycles. The molecular formula is C19H22F3N3O4. The van der Waals surface area contributed by atoms with E-state index in [0.29, 0.717) is 25.9 Å². The molecule has 2 aromatic heterocycles. The van der Waals surface area contributed by atoms with Crippen molar-refractivity contribution >= 4 is 17.6 Å². The standard InChI is InChI=1S/C19H22F3N3O4/c1-18(2,3)29-17(28)24-7-4-11(5-8-24)12-6-9-25-13(10-12)14(16(26)27)15(23-25)19(20,21)22/h6,9-11H,4-5,7-8H2,1-3H3,(H,26,27). The van der Waals surface area contributed by atoms with E-state index >= 15 is 0 Å². The highest BCUT2D eigenvalue weighted by Gasteiger charge is 2.40. The van der Waals surface area contributed by atoms with E-state index in [4.69, 9.17) is 4.74 Å². The molecule has 0 radical (unpaired) electrons. The molecule has 7 nitrogen and oxygen atoms in total. The van der Waals surface area contributed by atoms with Gasteiger partial charge in [-0.1, -0.05) is 0 Å². The van der Waals surface area contributed by atoms with Crippen molar-refractivity contribution in [2.45, 2.75) is 51.3 Å². The van der Waals surface area contributed by atoms with E-state index in [1.807, 2.05) is 0 Å². The minimum Gasteiger partial charge on any atom is -0.478 e. The second kappa shape index (κ2) is 7.23. The summed E-state index contributed by atoms with van der Waals surface area (Å²) in [4.78, 5) is 25.2. The van der Waals surface area contributed by atoms with Gasteiger partial charge < -0.3 is 14.7 Å². The van der Waals surface area contributed by atoms with E-state index in [0.717, 1.165) is 10.1 Å². The summed E-state index contributed by atoms with van der Waals surface area (Å²) in [6, 6.07) is 3.08. The number of pyridine rings is 1. The number of piperidine rings is 1. The maximum absolute atomic E-state index is 13.1. The number of rotatable bonds is 2. The van der Waals surface area contributed by atoms with E-state index < -0.39 is 35.1 Å². The first-order valence-corrected chi connectivity index (χ1v) is 9.17. The molecule has 0 saturated carbocycles. The van der Waals surface area contributed by atoms with E-state index in [-0.39, 0.29) is 11.4 Å². The van der Waals surface area contributed by atoms with Crippen LogP contribution in [0.5, 0.6) is 0 Å². The third-order valence-electron chi connectivity index (χ3n) is 4.76. The van der Waals surface area contributed by atoms with Crippen LogP contribution in [0, 0.1) is 0 Å². The first-order chi connectivity index (χ1) is 13.4. The van der Waals surface area contributed by atoms with Crippen LogP contribution in [-0.2, 0) is 10.9 Å². The third kappa shape index (κ3) is 4.46. The molecule has 1 saturated heterocycles. The Morgan fingerprint density at radius 1 is 1.21 bits per heavy atom. The normalized spacial score (nSPS) is 16.3. The Bertz CT molecular complexity index is 939. The highest BCUT2D eigenvalue weighted by molar-refractivity contribution is 5.97. The number of ether oxygens (including phenoxy) is 1. The van der Waals surface area contributed by atoms with Gasteiger partial charge in [0.05, 0.1) is 5.52 Å². The SMILES string of the molecule is CC(C)(C)OC(=O)N1CCC(c2ccn3nc(C(F)(F)F)c(C(=O)O)c3c2)CC1. The number of carbonyl (C=O) groups is 2. The van der Waals surface area contributed by atoms with Gasteiger partial charge in [0.25, 0.3) is 0 Å². The van der Waals surface area contributed by atoms with Crippen molar-refractivity contribution in [3.63, 3.8) is 0 Å². The van der Waals surface area contributed by atoms with E-state index in [2.05, 4.69) is 5.10 Å². The van der Waals surface area contributed by atoms with Gasteiger partial charge in [0, 0.05) is 19.3 Å². The molecule has 1 aliphatic rings. The van der Waals surface area contributed by atoms with Gasteiger partial charge in [-0.05, 0) is 57.2 Å². The summed E-state index contributed by atoms with van der Waals surface area (Å²) in [7, 11) is 0. The number of carbonyl (C=O) groups excluding carboxylic acids is 1. The summed E-state index contributed by atoms with van der Waals surface area (Å²) in [5.74, 6) is -1.69. The van der Waals surface area contributed by atoms with Crippen LogP contribution in [-0.4, -0.2) is 50.4 Å². The van der Waals surface area contributed by atoms with Crippen molar-refractivity contribution in [1.29, 1.82) is 0 Å². The van der Waals surface area contributed by atoms with Crippen molar-refractivity contribution < 1.29 is 32.6 Å². The molecule has 0 unspecified atom stereocenters. The highest BCUT2D eigenvalue weighted by Crippen LogP contribution is 2.35. The van der Waals surface area contributed by atoms with Crippen molar-refractivity contribution in [2.24, 2.45) is 0 Å². The van der Waals surface area contributed by atoms with Crippen molar-refractivity contribution in [1.82, 2.24) is 14.5 Å². The lowest BCUT2D eigenvalue weighted by Crippen LogP contribution is -2.41. The van der Waals surface area contributed by atoms with Gasteiger partial charge in [-0.3, -0.25) is 0 Å². The van der Waals surface area contributed by atoms with Crippen LogP contribution >= 0.6 is 0 Å². The van der Waals surface area contributed by atoms with Crippen LogP contribution in [0.25, 0.3) is 5.52 Å². The zero-order valence-corrected chi connectivity index (χ0v) is 16.3. The number of alkyl halides is 3. The maximum atomic E-state index is 13.1. The molecule has 1 amide bonds. The van der Waals surface area contributed by atoms with Gasteiger partial charge >= 0.3 is 18.2 Å². The number of fused-ring (bicyclic) bond motifs is 1. The lowest BCUT2D eigenvalue weighted by atomic mass is 9.89. The Morgan fingerprint density at radius 3 is 2.34 bits per heavy atom. The summed E-state index contributed by atoms with van der Waals surface area (Å²) in [5.41, 5.74) is -2.24. The van der Waals surface area contributed by atoms with Crippen LogP contribution in [0.15, 0.2) is 18.3 Å². The number of carboxylic acids is 1. The fourth-order valence-corrected chi connectivity index (χ4v) is 3.45. The highest BCUT2D eigenvalue weighted by atomic mass is 19.4. The fourth-order valence-electron chi connectivity index (χ4n) is 3.45. The van der Waals surface area contributed by atoms with Crippen molar-refractivity contribution in [3.8, 4) is 0 Å². The molecule has 10 heteroatoms. The topological polar surface area (TPSA) is 84.1 Å². The minimum atomic E-state index is -4.86. The van der Waals surface area contributed by atoms with Gasteiger partial charge in [0.15, 0.2) is 5.69 Å². The van der Waals surface area contributed by atoms with Crippen LogP contribution in [0.2, 0.25) is 0 Å². The van der Waals surface area contributed by atoms with Crippen LogP contribution in [0.1, 0.15) is 61.1 Å². The molecule has 0 bridgehead atoms. The number of carboxylic acid groups (broad SMARTS) is 1. The molecule has 3 rings (SSSR count). The smallest absolute Gasteiger partial charge is 0.436 e. The Kier molecular flexibility index (Phi) is 5.22. The van der Waals surface area contributed by atoms with Gasteiger partial charge in [-0.2, -0.15) is 18.3 Å². The number of hydrogen-bond donors (Lipinski definition) is 1. The number of aromatic nitrogens is 2. The minimum absolute atomic E-state index is 0.00966. The van der Waals surface area contributed by atoms with Gasteiger partial charge in [0.1, 0.15) is 11.2 Å². The molecule has 1 N–H and O–H groups in total. The number of hydrogen-bond acceptors (Lipinski definition) is 4. The summed E-state index contributed by atoms with van der Waals surface area (Å²) in [5, 5.41) is 12.7. The van der Waals surface area contributed by atoms with E-state index in [9.17, 15) is 27.9 Å². The second-order valence-corrected chi connectivity index (χ2v) is 8.06. The maximum Gasteiger partial charge on any atom is 0.436 e. The molecule has 2 aromatic rings. The van der Waals surface area contributed by atoms with E-state index in [1.54, 1.807) is 31.7 Å². The Hall–Kier alpha value is -2.78. The van der Waals surface area contributed by atoms with Gasteiger partial charge in [-0.25, -0.2) is 14.1 Å². The molecule has 29 heavy (non-hydrogen) atoms. The Balaban J connectivity index is 1.82. The summed E-state index contributed by atoms with van der Waals surface area (Å²) < 4.78 is 45.7. The molecule has 0 aromatic carbocycles. The molecule has 0 spiro atoms. The number of halogens is 3. The predicted octanol–water partition coefficient (Wildman–Crippen LogP) is 4.17. The Morgan fingerprint density at radius 2 is 1.83 bits per heavy atom. The van der Waals surface area contributed by atoms with E-state index in [1.165, 1.54) is 12.3 Å². The molecule has 1 aliphatic heterocycles. The molecule has 0 atom stereocenters. The first kappa shape index (κ1) is 20.9. The molecule has 3 heterocycles. The number of nitrogens with zero attached hydrogens (tertiary/aromatic N) is 3. The van der Waals surface area contributed by atoms with Crippen LogP contribution in [0.3, 0.4) is 0 Å². The monoisotopic (exact) mass is 413 g/mol. The lowest BCUT2D eigenvalue weighted by Gasteiger charge is -2.33. The third-order valence-corrected chi connectivity index (χ3v) is 4.76. The Labute approximate surface area is 165 Å². The number of likely N-dealkylation sites (tertiary alicyclic amines) is 1. The quantitative estimate of drug-likeness (QED) is 0.799. The fraction of sp³-hybridized carbons (Fsp3) is 0.526. The predicted molar refractivity (Wildman–Crippen MR) is 96.9 cm³/mol. The summed E-state index contributed by atoms with van der Waals surface area (Å²) >= 11 is 0. The summed E-state index contributed by atoms with van der Waals surface area (Å²) in [6.07, 6.45) is -2.73. The zero-order chi connectivity index (χ0) is 21.6. The lowest BCUT2D eigenvalue weighted by molar-refractivity contribution is -0.141. The van der Waals surface area contributed by atoms with Crippen LogP contribution in [0.4, 0.5) is 18.0 Å². The largest absolute Gasteiger partial charge is 0.478 e. The average Bonchev–Trinajstić information content (AvgIpc) is 2.99. The van der Waals surface area contributed by atoms with Crippen LogP contribution < -0.4 is 0 Å². The second-order valence-electron chi connectivity index (χ2n) is 8.06. The molecule has 1 fully saturated rings. The van der Waals surface area contributed by atoms with Gasteiger partial charge in [-0.15, -0.1) is 0 Å².